The fraction of sp³-hybridized carbons (Fsp3) is 0.350. The van der Waals surface area contributed by atoms with Gasteiger partial charge in [0, 0.05) is 29.3 Å². The molecule has 1 N–H and O–H groups in total. The van der Waals surface area contributed by atoms with Gasteiger partial charge in [-0.3, -0.25) is 4.79 Å². The van der Waals surface area contributed by atoms with Gasteiger partial charge >= 0.3 is 0 Å². The summed E-state index contributed by atoms with van der Waals surface area (Å²) in [4.78, 5) is 13.5. The highest BCUT2D eigenvalue weighted by molar-refractivity contribution is 7.99. The first-order chi connectivity index (χ1) is 14.0. The lowest BCUT2D eigenvalue weighted by molar-refractivity contribution is 0.0729. The molecule has 0 saturated carbocycles. The van der Waals surface area contributed by atoms with Crippen molar-refractivity contribution in [2.24, 2.45) is 0 Å². The number of carbonyl (C=O) groups excluding carboxylic acids is 1. The molecule has 4 rings (SSSR count). The van der Waals surface area contributed by atoms with Crippen LogP contribution in [0.4, 0.5) is 4.39 Å². The predicted octanol–water partition coefficient (Wildman–Crippen LogP) is 2.81. The third-order valence-electron chi connectivity index (χ3n) is 5.05. The molecule has 29 heavy (non-hydrogen) atoms. The fourth-order valence-electron chi connectivity index (χ4n) is 3.50. The first-order valence-electron chi connectivity index (χ1n) is 9.37. The van der Waals surface area contributed by atoms with Crippen LogP contribution in [0.3, 0.4) is 0 Å². The van der Waals surface area contributed by atoms with Crippen LogP contribution in [0.1, 0.15) is 28.4 Å². The van der Waals surface area contributed by atoms with E-state index in [2.05, 4.69) is 5.32 Å². The molecule has 2 aliphatic rings. The van der Waals surface area contributed by atoms with Gasteiger partial charge in [0.15, 0.2) is 0 Å². The Balaban J connectivity index is 1.58. The Morgan fingerprint density at radius 1 is 1.17 bits per heavy atom. The van der Waals surface area contributed by atoms with E-state index in [0.29, 0.717) is 0 Å². The fourth-order valence-corrected chi connectivity index (χ4v) is 6.13. The normalized spacial score (nSPS) is 20.1. The summed E-state index contributed by atoms with van der Waals surface area (Å²) in [7, 11) is -4.04. The van der Waals surface area contributed by atoms with Crippen molar-refractivity contribution in [1.29, 1.82) is 0 Å². The van der Waals surface area contributed by atoms with Crippen LogP contribution < -0.4 is 5.32 Å². The number of nitrogens with zero attached hydrogens (tertiary/aromatic N) is 1. The lowest BCUT2D eigenvalue weighted by Gasteiger charge is -2.27. The summed E-state index contributed by atoms with van der Waals surface area (Å²) in [6.07, 6.45) is 0.771. The number of amides is 1. The number of sulfonamides is 1. The van der Waals surface area contributed by atoms with E-state index in [1.54, 1.807) is 11.8 Å². The molecule has 0 unspecified atom stereocenters. The molecule has 1 amide bonds. The number of benzene rings is 2. The van der Waals surface area contributed by atoms with E-state index in [4.69, 9.17) is 4.74 Å². The van der Waals surface area contributed by atoms with Crippen molar-refractivity contribution >= 4 is 27.7 Å². The summed E-state index contributed by atoms with van der Waals surface area (Å²) in [6, 6.07) is 11.2. The zero-order valence-corrected chi connectivity index (χ0v) is 17.3. The van der Waals surface area contributed by atoms with Crippen LogP contribution >= 0.6 is 11.8 Å². The Hall–Kier alpha value is -1.94. The smallest absolute Gasteiger partial charge is 0.251 e. The van der Waals surface area contributed by atoms with Crippen LogP contribution in [0.15, 0.2) is 52.3 Å². The second kappa shape index (κ2) is 8.43. The maximum atomic E-state index is 14.4. The van der Waals surface area contributed by atoms with Crippen LogP contribution in [0.2, 0.25) is 0 Å². The number of morpholine rings is 1. The molecule has 1 atom stereocenters. The molecule has 1 saturated heterocycles. The zero-order valence-electron chi connectivity index (χ0n) is 15.6. The molecule has 6 nitrogen and oxygen atoms in total. The van der Waals surface area contributed by atoms with E-state index in [1.807, 2.05) is 24.3 Å². The van der Waals surface area contributed by atoms with E-state index < -0.39 is 26.6 Å². The highest BCUT2D eigenvalue weighted by Gasteiger charge is 2.30. The van der Waals surface area contributed by atoms with Crippen molar-refractivity contribution in [2.75, 3.05) is 32.1 Å². The van der Waals surface area contributed by atoms with Gasteiger partial charge in [0.1, 0.15) is 10.7 Å². The predicted molar refractivity (Wildman–Crippen MR) is 108 cm³/mol. The van der Waals surface area contributed by atoms with Crippen molar-refractivity contribution in [3.8, 4) is 0 Å². The van der Waals surface area contributed by atoms with E-state index in [9.17, 15) is 17.6 Å². The molecule has 2 heterocycles. The topological polar surface area (TPSA) is 75.7 Å². The van der Waals surface area contributed by atoms with E-state index >= 15 is 0 Å². The number of rotatable bonds is 4. The zero-order chi connectivity index (χ0) is 20.4. The highest BCUT2D eigenvalue weighted by atomic mass is 32.2. The first-order valence-corrected chi connectivity index (χ1v) is 11.8. The van der Waals surface area contributed by atoms with Gasteiger partial charge in [0.05, 0.1) is 19.3 Å². The number of carbonyl (C=O) groups is 1. The van der Waals surface area contributed by atoms with Gasteiger partial charge in [0.2, 0.25) is 10.0 Å². The lowest BCUT2D eigenvalue weighted by Crippen LogP contribution is -2.41. The van der Waals surface area contributed by atoms with Crippen LogP contribution in [0.25, 0.3) is 0 Å². The van der Waals surface area contributed by atoms with Crippen LogP contribution in [-0.2, 0) is 14.8 Å². The monoisotopic (exact) mass is 436 g/mol. The molecule has 0 bridgehead atoms. The molecule has 2 aromatic rings. The van der Waals surface area contributed by atoms with E-state index in [1.165, 1.54) is 10.4 Å². The van der Waals surface area contributed by atoms with E-state index in [-0.39, 0.29) is 37.9 Å². The average molecular weight is 437 g/mol. The third kappa shape index (κ3) is 4.18. The van der Waals surface area contributed by atoms with Crippen LogP contribution in [-0.4, -0.2) is 50.7 Å². The highest BCUT2D eigenvalue weighted by Crippen LogP contribution is 2.36. The summed E-state index contributed by atoms with van der Waals surface area (Å²) >= 11 is 1.74. The van der Waals surface area contributed by atoms with Crippen molar-refractivity contribution in [3.63, 3.8) is 0 Å². The van der Waals surface area contributed by atoms with Crippen LogP contribution in [0.5, 0.6) is 0 Å². The minimum atomic E-state index is -4.04. The maximum absolute atomic E-state index is 14.4. The largest absolute Gasteiger partial charge is 0.379 e. The summed E-state index contributed by atoms with van der Waals surface area (Å²) in [5.41, 5.74) is 1.16. The van der Waals surface area contributed by atoms with Gasteiger partial charge in [0.25, 0.3) is 5.91 Å². The summed E-state index contributed by atoms with van der Waals surface area (Å²) in [5, 5.41) is 2.97. The summed E-state index contributed by atoms with van der Waals surface area (Å²) in [6.45, 7) is 0.851. The summed E-state index contributed by atoms with van der Waals surface area (Å²) in [5.74, 6) is -0.412. The molecular weight excluding hydrogens is 415 g/mol. The first kappa shape index (κ1) is 20.3. The number of thioether (sulfide) groups is 1. The Morgan fingerprint density at radius 3 is 2.72 bits per heavy atom. The van der Waals surface area contributed by atoms with Gasteiger partial charge in [-0.25, -0.2) is 12.8 Å². The second-order valence-electron chi connectivity index (χ2n) is 6.86. The summed E-state index contributed by atoms with van der Waals surface area (Å²) < 4.78 is 46.4. The number of ether oxygens (including phenoxy) is 1. The van der Waals surface area contributed by atoms with Crippen molar-refractivity contribution in [1.82, 2.24) is 9.62 Å². The lowest BCUT2D eigenvalue weighted by atomic mass is 10.0. The van der Waals surface area contributed by atoms with Gasteiger partial charge in [-0.1, -0.05) is 18.2 Å². The van der Waals surface area contributed by atoms with Gasteiger partial charge in [-0.05, 0) is 36.2 Å². The number of hydrogen-bond acceptors (Lipinski definition) is 5. The minimum absolute atomic E-state index is 0.119. The molecule has 0 radical (unpaired) electrons. The van der Waals surface area contributed by atoms with Crippen molar-refractivity contribution < 1.29 is 22.3 Å². The molecule has 0 aromatic heterocycles. The molecule has 9 heteroatoms. The van der Waals surface area contributed by atoms with Crippen molar-refractivity contribution in [3.05, 3.63) is 59.4 Å². The standard InChI is InChI=1S/C20H21FN2O4S2/c21-16-6-5-14(13-19(16)29(25,26)23-8-10-27-11-9-23)20(24)22-17-7-12-28-18-4-2-1-3-15(17)18/h1-6,13,17H,7-12H2,(H,22,24)/t17-/m0/s1. The SMILES string of the molecule is O=C(N[C@H]1CCSc2ccccc21)c1ccc(F)c(S(=O)(=O)N2CCOCC2)c1. The maximum Gasteiger partial charge on any atom is 0.251 e. The third-order valence-corrected chi connectivity index (χ3v) is 8.08. The minimum Gasteiger partial charge on any atom is -0.379 e. The second-order valence-corrected chi connectivity index (χ2v) is 9.91. The Morgan fingerprint density at radius 2 is 1.93 bits per heavy atom. The molecule has 0 aliphatic carbocycles. The number of halogens is 1. The molecule has 2 aliphatic heterocycles. The van der Waals surface area contributed by atoms with Crippen LogP contribution in [0, 0.1) is 5.82 Å². The van der Waals surface area contributed by atoms with Gasteiger partial charge < -0.3 is 10.1 Å². The van der Waals surface area contributed by atoms with E-state index in [0.717, 1.165) is 34.8 Å². The number of nitrogens with one attached hydrogen (secondary N) is 1. The molecule has 2 aromatic carbocycles. The van der Waals surface area contributed by atoms with Gasteiger partial charge in [-0.2, -0.15) is 4.31 Å². The quantitative estimate of drug-likeness (QED) is 0.798. The molecule has 0 spiro atoms. The van der Waals surface area contributed by atoms with Crippen molar-refractivity contribution in [2.45, 2.75) is 22.3 Å². The Kier molecular flexibility index (Phi) is 5.91. The molecule has 154 valence electrons. The Labute approximate surface area is 173 Å². The number of hydrogen-bond donors (Lipinski definition) is 1. The Bertz CT molecular complexity index is 1020. The molecule has 1 fully saturated rings. The number of fused-ring (bicyclic) bond motifs is 1. The van der Waals surface area contributed by atoms with Gasteiger partial charge in [-0.15, -0.1) is 11.8 Å². The average Bonchev–Trinajstić information content (AvgIpc) is 2.75. The molecular formula is C20H21FN2O4S2.